The standard InChI is InChI=1S/C30H46BN3O9/c1-29(2)30(3,4)43-31(42-29)23-7-9-24(10-8-23)41-18-6-5-15-32-26(36)14-19-39-21-22-40-20-16-33-25(35)13-17-34-27(37)11-12-28(34)38/h7-12,27,37H,5-6,13-22H2,1-4H3,(H,32,36)(H,33,35). The number of carbonyl (C=O) groups excluding carboxylic acids is 3. The fraction of sp³-hybridized carbons (Fsp3) is 0.633. The Hall–Kier alpha value is -2.97. The SMILES string of the molecule is CC1(C)OB(c2ccc(OCCCCNC(=O)CCOCCOCCNC(=O)CCN3C(=O)C=CC3O)cc2)OC1(C)C. The zero-order valence-corrected chi connectivity index (χ0v) is 25.8. The van der Waals surface area contributed by atoms with Crippen LogP contribution in [0.3, 0.4) is 0 Å². The summed E-state index contributed by atoms with van der Waals surface area (Å²) in [6.45, 7) is 11.0. The lowest BCUT2D eigenvalue weighted by Gasteiger charge is -2.32. The van der Waals surface area contributed by atoms with E-state index in [9.17, 15) is 19.5 Å². The first-order chi connectivity index (χ1) is 20.5. The average Bonchev–Trinajstić information content (AvgIpc) is 3.40. The number of hydrogen-bond donors (Lipinski definition) is 3. The molecule has 0 aliphatic carbocycles. The second-order valence-corrected chi connectivity index (χ2v) is 11.4. The van der Waals surface area contributed by atoms with Gasteiger partial charge in [0.2, 0.25) is 17.7 Å². The Labute approximate surface area is 254 Å². The lowest BCUT2D eigenvalue weighted by Crippen LogP contribution is -2.41. The Morgan fingerprint density at radius 2 is 1.51 bits per heavy atom. The van der Waals surface area contributed by atoms with Gasteiger partial charge in [-0.15, -0.1) is 0 Å². The van der Waals surface area contributed by atoms with Crippen molar-refractivity contribution in [2.24, 2.45) is 0 Å². The summed E-state index contributed by atoms with van der Waals surface area (Å²) in [6.07, 6.45) is 3.69. The van der Waals surface area contributed by atoms with Crippen LogP contribution in [-0.4, -0.2) is 105 Å². The van der Waals surface area contributed by atoms with Crippen molar-refractivity contribution in [3.63, 3.8) is 0 Å². The topological polar surface area (TPSA) is 145 Å². The summed E-state index contributed by atoms with van der Waals surface area (Å²) < 4.78 is 28.8. The van der Waals surface area contributed by atoms with Crippen LogP contribution in [0, 0.1) is 0 Å². The van der Waals surface area contributed by atoms with Crippen LogP contribution in [0.2, 0.25) is 0 Å². The molecule has 3 N–H and O–H groups in total. The van der Waals surface area contributed by atoms with Crippen LogP contribution < -0.4 is 20.8 Å². The van der Waals surface area contributed by atoms with E-state index in [1.54, 1.807) is 0 Å². The number of nitrogens with one attached hydrogen (secondary N) is 2. The molecule has 0 bridgehead atoms. The van der Waals surface area contributed by atoms with Gasteiger partial charge in [-0.25, -0.2) is 0 Å². The molecule has 1 unspecified atom stereocenters. The van der Waals surface area contributed by atoms with Crippen LogP contribution in [0.5, 0.6) is 5.75 Å². The predicted molar refractivity (Wildman–Crippen MR) is 161 cm³/mol. The smallest absolute Gasteiger partial charge is 0.494 e. The largest absolute Gasteiger partial charge is 0.494 e. The zero-order valence-electron chi connectivity index (χ0n) is 25.8. The summed E-state index contributed by atoms with van der Waals surface area (Å²) in [5.74, 6) is 0.179. The van der Waals surface area contributed by atoms with Crippen LogP contribution in [0.1, 0.15) is 53.4 Å². The molecule has 2 aliphatic rings. The van der Waals surface area contributed by atoms with Gasteiger partial charge in [0.25, 0.3) is 0 Å². The number of ether oxygens (including phenoxy) is 3. The number of unbranched alkanes of at least 4 members (excludes halogenated alkanes) is 1. The Morgan fingerprint density at radius 1 is 0.884 bits per heavy atom. The third-order valence-electron chi connectivity index (χ3n) is 7.57. The van der Waals surface area contributed by atoms with E-state index in [1.807, 2.05) is 52.0 Å². The average molecular weight is 604 g/mol. The van der Waals surface area contributed by atoms with Crippen molar-refractivity contribution in [1.82, 2.24) is 15.5 Å². The molecule has 0 saturated carbocycles. The highest BCUT2D eigenvalue weighted by atomic mass is 16.7. The van der Waals surface area contributed by atoms with Crippen molar-refractivity contribution in [2.45, 2.75) is 70.8 Å². The highest BCUT2D eigenvalue weighted by molar-refractivity contribution is 6.62. The van der Waals surface area contributed by atoms with Gasteiger partial charge >= 0.3 is 7.12 Å². The Balaban J connectivity index is 1.10. The summed E-state index contributed by atoms with van der Waals surface area (Å²) in [6, 6.07) is 7.75. The Bertz CT molecular complexity index is 1070. The molecule has 1 atom stereocenters. The number of rotatable bonds is 19. The molecule has 238 valence electrons. The summed E-state index contributed by atoms with van der Waals surface area (Å²) in [4.78, 5) is 36.5. The number of aliphatic hydroxyl groups is 1. The van der Waals surface area contributed by atoms with Crippen molar-refractivity contribution in [3.8, 4) is 5.75 Å². The first-order valence-corrected chi connectivity index (χ1v) is 14.9. The van der Waals surface area contributed by atoms with Crippen molar-refractivity contribution < 1.29 is 43.0 Å². The fourth-order valence-corrected chi connectivity index (χ4v) is 4.23. The number of carbonyl (C=O) groups is 3. The minimum atomic E-state index is -0.967. The minimum Gasteiger partial charge on any atom is -0.494 e. The summed E-state index contributed by atoms with van der Waals surface area (Å²) in [5.41, 5.74) is 0.203. The second-order valence-electron chi connectivity index (χ2n) is 11.4. The van der Waals surface area contributed by atoms with Gasteiger partial charge in [-0.1, -0.05) is 12.1 Å². The van der Waals surface area contributed by atoms with E-state index in [4.69, 9.17) is 23.5 Å². The van der Waals surface area contributed by atoms with Crippen LogP contribution >= 0.6 is 0 Å². The maximum absolute atomic E-state index is 12.0. The van der Waals surface area contributed by atoms with Crippen molar-refractivity contribution in [1.29, 1.82) is 0 Å². The highest BCUT2D eigenvalue weighted by Gasteiger charge is 2.51. The van der Waals surface area contributed by atoms with Gasteiger partial charge in [0, 0.05) is 38.6 Å². The lowest BCUT2D eigenvalue weighted by atomic mass is 9.79. The highest BCUT2D eigenvalue weighted by Crippen LogP contribution is 2.36. The molecule has 3 amide bonds. The van der Waals surface area contributed by atoms with E-state index >= 15 is 0 Å². The predicted octanol–water partition coefficient (Wildman–Crippen LogP) is 0.907. The molecule has 0 spiro atoms. The summed E-state index contributed by atoms with van der Waals surface area (Å²) in [5, 5.41) is 15.2. The molecule has 3 rings (SSSR count). The quantitative estimate of drug-likeness (QED) is 0.155. The lowest BCUT2D eigenvalue weighted by molar-refractivity contribution is -0.132. The summed E-state index contributed by atoms with van der Waals surface area (Å²) in [7, 11) is -0.394. The van der Waals surface area contributed by atoms with Gasteiger partial charge in [0.15, 0.2) is 0 Å². The van der Waals surface area contributed by atoms with Gasteiger partial charge in [-0.05, 0) is 64.2 Å². The monoisotopic (exact) mass is 603 g/mol. The van der Waals surface area contributed by atoms with Gasteiger partial charge in [0.05, 0.1) is 44.2 Å². The van der Waals surface area contributed by atoms with Gasteiger partial charge < -0.3 is 44.2 Å². The van der Waals surface area contributed by atoms with Crippen LogP contribution in [0.25, 0.3) is 0 Å². The molecule has 0 aromatic heterocycles. The molecule has 1 aromatic rings. The maximum Gasteiger partial charge on any atom is 0.494 e. The van der Waals surface area contributed by atoms with E-state index < -0.39 is 13.3 Å². The van der Waals surface area contributed by atoms with Crippen molar-refractivity contribution in [2.75, 3.05) is 52.7 Å². The van der Waals surface area contributed by atoms with Crippen molar-refractivity contribution >= 4 is 30.3 Å². The number of nitrogens with zero attached hydrogens (tertiary/aromatic N) is 1. The molecule has 43 heavy (non-hydrogen) atoms. The first-order valence-electron chi connectivity index (χ1n) is 14.9. The molecule has 12 nitrogen and oxygen atoms in total. The summed E-state index contributed by atoms with van der Waals surface area (Å²) >= 11 is 0. The normalized spacial score (nSPS) is 18.7. The molecule has 2 heterocycles. The second kappa shape index (κ2) is 16.8. The molecular weight excluding hydrogens is 557 g/mol. The Morgan fingerprint density at radius 3 is 2.16 bits per heavy atom. The van der Waals surface area contributed by atoms with Gasteiger partial charge in [0.1, 0.15) is 12.0 Å². The van der Waals surface area contributed by atoms with Crippen LogP contribution in [0.15, 0.2) is 36.4 Å². The Kier molecular flexibility index (Phi) is 13.5. The van der Waals surface area contributed by atoms with Crippen LogP contribution in [0.4, 0.5) is 0 Å². The van der Waals surface area contributed by atoms with Gasteiger partial charge in [-0.3, -0.25) is 14.4 Å². The molecule has 0 radical (unpaired) electrons. The van der Waals surface area contributed by atoms with E-state index in [0.717, 1.165) is 24.1 Å². The molecule has 1 aromatic carbocycles. The van der Waals surface area contributed by atoms with Crippen molar-refractivity contribution in [3.05, 3.63) is 36.4 Å². The van der Waals surface area contributed by atoms with E-state index in [-0.39, 0.29) is 48.3 Å². The van der Waals surface area contributed by atoms with Crippen LogP contribution in [-0.2, 0) is 33.2 Å². The number of aliphatic hydroxyl groups excluding tert-OH is 1. The van der Waals surface area contributed by atoms with E-state index in [0.29, 0.717) is 46.1 Å². The van der Waals surface area contributed by atoms with E-state index in [1.165, 1.54) is 17.1 Å². The number of benzene rings is 1. The minimum absolute atomic E-state index is 0.0678. The third kappa shape index (κ3) is 11.2. The maximum atomic E-state index is 12.0. The zero-order chi connectivity index (χ0) is 31.3. The van der Waals surface area contributed by atoms with E-state index in [2.05, 4.69) is 10.6 Å². The third-order valence-corrected chi connectivity index (χ3v) is 7.57. The molecule has 13 heteroatoms. The molecule has 1 saturated heterocycles. The first kappa shape index (κ1) is 34.5. The molecule has 1 fully saturated rings. The number of hydrogen-bond acceptors (Lipinski definition) is 9. The van der Waals surface area contributed by atoms with Gasteiger partial charge in [-0.2, -0.15) is 0 Å². The molecule has 2 aliphatic heterocycles. The number of amides is 3. The molecular formula is C30H46BN3O9. The fourth-order valence-electron chi connectivity index (χ4n) is 4.23.